The van der Waals surface area contributed by atoms with E-state index < -0.39 is 0 Å². The predicted octanol–water partition coefficient (Wildman–Crippen LogP) is 2.33. The van der Waals surface area contributed by atoms with Crippen LogP contribution in [-0.2, 0) is 6.42 Å². The molecule has 0 radical (unpaired) electrons. The van der Waals surface area contributed by atoms with Crippen LogP contribution in [0.2, 0.25) is 0 Å². The molecule has 2 heterocycles. The third-order valence-electron chi connectivity index (χ3n) is 2.54. The van der Waals surface area contributed by atoms with Gasteiger partial charge < -0.3 is 4.98 Å². The van der Waals surface area contributed by atoms with Gasteiger partial charge in [-0.15, -0.1) is 0 Å². The maximum Gasteiger partial charge on any atom is 0.216 e. The van der Waals surface area contributed by atoms with Crippen LogP contribution in [0.5, 0.6) is 0 Å². The van der Waals surface area contributed by atoms with Crippen molar-refractivity contribution in [3.8, 4) is 0 Å². The van der Waals surface area contributed by atoms with Crippen molar-refractivity contribution in [2.24, 2.45) is 5.10 Å². The maximum atomic E-state index is 5.12. The predicted molar refractivity (Wildman–Crippen MR) is 70.0 cm³/mol. The quantitative estimate of drug-likeness (QED) is 0.648. The van der Waals surface area contributed by atoms with Gasteiger partial charge in [0, 0.05) is 23.4 Å². The molecule has 5 nitrogen and oxygen atoms in total. The van der Waals surface area contributed by atoms with Gasteiger partial charge in [0.05, 0.1) is 6.21 Å². The normalized spacial score (nSPS) is 11.5. The molecule has 0 aliphatic rings. The summed E-state index contributed by atoms with van der Waals surface area (Å²) in [6.07, 6.45) is 2.58. The fourth-order valence-corrected chi connectivity index (χ4v) is 1.87. The Morgan fingerprint density at radius 1 is 1.53 bits per heavy atom. The molecule has 0 fully saturated rings. The molecule has 2 rings (SSSR count). The maximum absolute atomic E-state index is 5.12. The molecule has 0 spiro atoms. The number of aromatic nitrogens is 4. The number of hydrogen-bond acceptors (Lipinski definition) is 3. The van der Waals surface area contributed by atoms with Crippen LogP contribution in [0, 0.1) is 18.6 Å². The summed E-state index contributed by atoms with van der Waals surface area (Å²) < 4.78 is 2.17. The van der Waals surface area contributed by atoms with Gasteiger partial charge in [-0.25, -0.2) is 0 Å². The number of aromatic amines is 2. The Morgan fingerprint density at radius 3 is 2.88 bits per heavy atom. The molecule has 2 aromatic rings. The summed E-state index contributed by atoms with van der Waals surface area (Å²) in [7, 11) is 0. The number of aryl methyl sites for hydroxylation is 3. The zero-order valence-electron chi connectivity index (χ0n) is 10.1. The lowest BCUT2D eigenvalue weighted by Crippen LogP contribution is -1.97. The molecule has 0 saturated heterocycles. The molecule has 90 valence electrons. The van der Waals surface area contributed by atoms with E-state index in [1.54, 1.807) is 10.9 Å². The van der Waals surface area contributed by atoms with E-state index in [4.69, 9.17) is 12.2 Å². The van der Waals surface area contributed by atoms with E-state index in [0.29, 0.717) is 4.77 Å². The van der Waals surface area contributed by atoms with E-state index >= 15 is 0 Å². The summed E-state index contributed by atoms with van der Waals surface area (Å²) in [5.41, 5.74) is 3.28. The van der Waals surface area contributed by atoms with E-state index in [1.807, 2.05) is 26.8 Å². The Bertz CT molecular complexity index is 602. The largest absolute Gasteiger partial charge is 0.362 e. The average molecular weight is 249 g/mol. The Kier molecular flexibility index (Phi) is 3.23. The van der Waals surface area contributed by atoms with Gasteiger partial charge in [0.1, 0.15) is 0 Å². The number of nitrogens with zero attached hydrogens (tertiary/aromatic N) is 3. The zero-order valence-corrected chi connectivity index (χ0v) is 10.9. The zero-order chi connectivity index (χ0) is 12.4. The lowest BCUT2D eigenvalue weighted by molar-refractivity contribution is 0.780. The summed E-state index contributed by atoms with van der Waals surface area (Å²) in [5, 5.41) is 11.2. The molecule has 0 saturated carbocycles. The van der Waals surface area contributed by atoms with Gasteiger partial charge in [0.2, 0.25) is 4.77 Å². The van der Waals surface area contributed by atoms with Crippen LogP contribution in [0.4, 0.5) is 0 Å². The van der Waals surface area contributed by atoms with Crippen LogP contribution in [0.25, 0.3) is 0 Å². The van der Waals surface area contributed by atoms with Gasteiger partial charge in [-0.05, 0) is 32.1 Å². The number of rotatable bonds is 3. The van der Waals surface area contributed by atoms with Crippen molar-refractivity contribution in [3.05, 3.63) is 33.6 Å². The van der Waals surface area contributed by atoms with Crippen LogP contribution < -0.4 is 0 Å². The van der Waals surface area contributed by atoms with E-state index in [1.165, 1.54) is 0 Å². The van der Waals surface area contributed by atoms with Gasteiger partial charge in [-0.1, -0.05) is 6.92 Å². The first kappa shape index (κ1) is 11.8. The molecule has 2 N–H and O–H groups in total. The van der Waals surface area contributed by atoms with E-state index in [-0.39, 0.29) is 0 Å². The molecule has 2 aromatic heterocycles. The Hall–Kier alpha value is -1.69. The van der Waals surface area contributed by atoms with Crippen LogP contribution in [0.1, 0.15) is 29.7 Å². The molecule has 0 aliphatic heterocycles. The standard InChI is InChI=1S/C11H15N5S/c1-4-10-14-15-11(17)16(10)12-6-9-5-7(2)13-8(9)3/h5-6,13H,4H2,1-3H3,(H,15,17)/b12-6+. The molecule has 6 heteroatoms. The summed E-state index contributed by atoms with van der Waals surface area (Å²) in [4.78, 5) is 3.23. The van der Waals surface area contributed by atoms with Gasteiger partial charge in [-0.2, -0.15) is 14.9 Å². The fourth-order valence-electron chi connectivity index (χ4n) is 1.67. The smallest absolute Gasteiger partial charge is 0.216 e. The minimum Gasteiger partial charge on any atom is -0.362 e. The average Bonchev–Trinajstić information content (AvgIpc) is 2.79. The van der Waals surface area contributed by atoms with Crippen molar-refractivity contribution in [2.45, 2.75) is 27.2 Å². The molecule has 0 aliphatic carbocycles. The second kappa shape index (κ2) is 4.67. The summed E-state index contributed by atoms with van der Waals surface area (Å²) in [6.45, 7) is 6.05. The highest BCUT2D eigenvalue weighted by Crippen LogP contribution is 2.07. The lowest BCUT2D eigenvalue weighted by atomic mass is 10.3. The third kappa shape index (κ3) is 2.36. The van der Waals surface area contributed by atoms with Crippen molar-refractivity contribution < 1.29 is 0 Å². The second-order valence-electron chi connectivity index (χ2n) is 3.89. The number of nitrogens with one attached hydrogen (secondary N) is 2. The Balaban J connectivity index is 2.35. The summed E-state index contributed by atoms with van der Waals surface area (Å²) in [6, 6.07) is 2.05. The first-order chi connectivity index (χ1) is 8.11. The van der Waals surface area contributed by atoms with E-state index in [0.717, 1.165) is 29.2 Å². The van der Waals surface area contributed by atoms with Gasteiger partial charge in [-0.3, -0.25) is 5.10 Å². The van der Waals surface area contributed by atoms with Crippen LogP contribution in [-0.4, -0.2) is 26.1 Å². The van der Waals surface area contributed by atoms with Crippen molar-refractivity contribution in [1.82, 2.24) is 19.9 Å². The molecule has 0 unspecified atom stereocenters. The highest BCUT2D eigenvalue weighted by molar-refractivity contribution is 7.71. The van der Waals surface area contributed by atoms with Crippen LogP contribution in [0.3, 0.4) is 0 Å². The molecule has 0 amide bonds. The molecule has 0 atom stereocenters. The second-order valence-corrected chi connectivity index (χ2v) is 4.27. The van der Waals surface area contributed by atoms with Gasteiger partial charge >= 0.3 is 0 Å². The number of H-pyrrole nitrogens is 2. The highest BCUT2D eigenvalue weighted by Gasteiger charge is 2.02. The first-order valence-corrected chi connectivity index (χ1v) is 5.89. The van der Waals surface area contributed by atoms with Crippen LogP contribution in [0.15, 0.2) is 11.2 Å². The molecular weight excluding hydrogens is 234 g/mol. The summed E-state index contributed by atoms with van der Waals surface area (Å²) in [5.74, 6) is 0.830. The SMILES string of the molecule is CCc1n[nH]c(=S)n1/N=C/c1cc(C)[nH]c1C. The topological polar surface area (TPSA) is 61.8 Å². The summed E-state index contributed by atoms with van der Waals surface area (Å²) >= 11 is 5.12. The van der Waals surface area contributed by atoms with Crippen molar-refractivity contribution in [2.75, 3.05) is 0 Å². The molecule has 0 bridgehead atoms. The lowest BCUT2D eigenvalue weighted by Gasteiger charge is -1.96. The van der Waals surface area contributed by atoms with E-state index in [2.05, 4.69) is 20.3 Å². The fraction of sp³-hybridized carbons (Fsp3) is 0.364. The third-order valence-corrected chi connectivity index (χ3v) is 2.80. The Morgan fingerprint density at radius 2 is 2.29 bits per heavy atom. The monoisotopic (exact) mass is 249 g/mol. The molecule has 0 aromatic carbocycles. The first-order valence-electron chi connectivity index (χ1n) is 5.48. The minimum atomic E-state index is 0.517. The van der Waals surface area contributed by atoms with Gasteiger partial charge in [0.15, 0.2) is 5.82 Å². The van der Waals surface area contributed by atoms with Gasteiger partial charge in [0.25, 0.3) is 0 Å². The molecule has 17 heavy (non-hydrogen) atoms. The Labute approximate surface area is 105 Å². The number of hydrogen-bond donors (Lipinski definition) is 2. The highest BCUT2D eigenvalue weighted by atomic mass is 32.1. The molecular formula is C11H15N5S. The van der Waals surface area contributed by atoms with E-state index in [9.17, 15) is 0 Å². The van der Waals surface area contributed by atoms with Crippen molar-refractivity contribution in [3.63, 3.8) is 0 Å². The van der Waals surface area contributed by atoms with Crippen molar-refractivity contribution in [1.29, 1.82) is 0 Å². The van der Waals surface area contributed by atoms with Crippen LogP contribution >= 0.6 is 12.2 Å². The van der Waals surface area contributed by atoms with Crippen molar-refractivity contribution >= 4 is 18.4 Å². The minimum absolute atomic E-state index is 0.517.